The van der Waals surface area contributed by atoms with E-state index in [0.29, 0.717) is 11.9 Å². The van der Waals surface area contributed by atoms with Gasteiger partial charge in [-0.2, -0.15) is 0 Å². The van der Waals surface area contributed by atoms with Crippen LogP contribution in [-0.4, -0.2) is 29.6 Å². The Kier molecular flexibility index (Phi) is 7.00. The Balaban J connectivity index is 2.18. The van der Waals surface area contributed by atoms with E-state index in [2.05, 4.69) is 18.7 Å². The number of aliphatic hydroxyl groups excluding tert-OH is 1. The lowest BCUT2D eigenvalue weighted by Crippen LogP contribution is -2.30. The average molecular weight is 317 g/mol. The Morgan fingerprint density at radius 1 is 0.957 bits per heavy atom. The molecule has 1 atom stereocenters. The molecule has 0 aliphatic heterocycles. The van der Waals surface area contributed by atoms with Gasteiger partial charge in [-0.05, 0) is 42.9 Å². The number of fused-ring (bicyclic) bond motifs is 1. The number of halogens is 1. The van der Waals surface area contributed by atoms with E-state index < -0.39 is 6.10 Å². The highest BCUT2D eigenvalue weighted by Gasteiger charge is 2.16. The Labute approximate surface area is 138 Å². The summed E-state index contributed by atoms with van der Waals surface area (Å²) in [5.74, 6) is -0.231. The molecule has 126 valence electrons. The molecule has 23 heavy (non-hydrogen) atoms. The van der Waals surface area contributed by atoms with Crippen molar-refractivity contribution in [3.63, 3.8) is 0 Å². The fourth-order valence-electron chi connectivity index (χ4n) is 2.98. The van der Waals surface area contributed by atoms with Gasteiger partial charge in [-0.3, -0.25) is 0 Å². The Bertz CT molecular complexity index is 606. The second-order valence-electron chi connectivity index (χ2n) is 6.21. The number of benzene rings is 2. The predicted octanol–water partition coefficient (Wildman–Crippen LogP) is 4.91. The second kappa shape index (κ2) is 8.99. The number of rotatable bonds is 9. The van der Waals surface area contributed by atoms with Crippen molar-refractivity contribution in [3.8, 4) is 0 Å². The van der Waals surface area contributed by atoms with Gasteiger partial charge < -0.3 is 10.0 Å². The van der Waals surface area contributed by atoms with Gasteiger partial charge in [0.15, 0.2) is 0 Å². The van der Waals surface area contributed by atoms with Crippen molar-refractivity contribution in [3.05, 3.63) is 47.8 Å². The minimum absolute atomic E-state index is 0.231. The lowest BCUT2D eigenvalue weighted by molar-refractivity contribution is 0.112. The minimum Gasteiger partial charge on any atom is -0.387 e. The average Bonchev–Trinajstić information content (AvgIpc) is 2.57. The summed E-state index contributed by atoms with van der Waals surface area (Å²) in [4.78, 5) is 2.33. The second-order valence-corrected chi connectivity index (χ2v) is 6.21. The molecule has 0 bridgehead atoms. The maximum absolute atomic E-state index is 13.9. The molecular formula is C20H28FNO. The molecule has 3 heteroatoms. The van der Waals surface area contributed by atoms with Gasteiger partial charge in [0.05, 0.1) is 6.10 Å². The van der Waals surface area contributed by atoms with Crippen molar-refractivity contribution < 1.29 is 9.50 Å². The van der Waals surface area contributed by atoms with Crippen molar-refractivity contribution in [1.29, 1.82) is 0 Å². The predicted molar refractivity (Wildman–Crippen MR) is 95.1 cm³/mol. The number of hydrogen-bond donors (Lipinski definition) is 1. The lowest BCUT2D eigenvalue weighted by atomic mass is 9.99. The zero-order valence-electron chi connectivity index (χ0n) is 14.3. The van der Waals surface area contributed by atoms with E-state index in [-0.39, 0.29) is 5.82 Å². The van der Waals surface area contributed by atoms with Crippen LogP contribution < -0.4 is 0 Å². The molecule has 0 aromatic heterocycles. The quantitative estimate of drug-likeness (QED) is 0.710. The molecule has 0 saturated heterocycles. The first-order chi connectivity index (χ1) is 11.2. The third-order valence-corrected chi connectivity index (χ3v) is 4.35. The third kappa shape index (κ3) is 4.76. The molecule has 0 radical (unpaired) electrons. The van der Waals surface area contributed by atoms with Gasteiger partial charge in [0.25, 0.3) is 0 Å². The molecule has 0 aliphatic carbocycles. The lowest BCUT2D eigenvalue weighted by Gasteiger charge is -2.25. The van der Waals surface area contributed by atoms with Crippen LogP contribution in [0.2, 0.25) is 0 Å². The van der Waals surface area contributed by atoms with Crippen molar-refractivity contribution in [1.82, 2.24) is 4.90 Å². The Morgan fingerprint density at radius 3 is 2.17 bits per heavy atom. The summed E-state index contributed by atoms with van der Waals surface area (Å²) >= 11 is 0. The molecule has 2 nitrogen and oxygen atoms in total. The van der Waals surface area contributed by atoms with Gasteiger partial charge in [-0.1, -0.05) is 57.0 Å². The van der Waals surface area contributed by atoms with Crippen LogP contribution in [0.15, 0.2) is 36.4 Å². The highest BCUT2D eigenvalue weighted by atomic mass is 19.1. The van der Waals surface area contributed by atoms with E-state index in [1.54, 1.807) is 12.1 Å². The summed E-state index contributed by atoms with van der Waals surface area (Å²) in [5, 5.41) is 12.1. The zero-order valence-corrected chi connectivity index (χ0v) is 14.3. The molecule has 0 amide bonds. The van der Waals surface area contributed by atoms with E-state index in [1.165, 1.54) is 6.07 Å². The van der Waals surface area contributed by atoms with Crippen LogP contribution in [-0.2, 0) is 0 Å². The summed E-state index contributed by atoms with van der Waals surface area (Å²) in [6.45, 7) is 6.98. The molecule has 0 unspecified atom stereocenters. The van der Waals surface area contributed by atoms with Crippen LogP contribution in [0.1, 0.15) is 51.2 Å². The SMILES string of the molecule is CCCCN(CCCC)C[C@H](O)c1ccc(F)c2ccccc12. The van der Waals surface area contributed by atoms with Crippen LogP contribution in [0.3, 0.4) is 0 Å². The zero-order chi connectivity index (χ0) is 16.7. The van der Waals surface area contributed by atoms with E-state index in [9.17, 15) is 9.50 Å². The molecule has 2 aromatic rings. The van der Waals surface area contributed by atoms with Crippen LogP contribution in [0.5, 0.6) is 0 Å². The van der Waals surface area contributed by atoms with Gasteiger partial charge in [0.2, 0.25) is 0 Å². The van der Waals surface area contributed by atoms with Crippen LogP contribution in [0.25, 0.3) is 10.8 Å². The highest BCUT2D eigenvalue weighted by Crippen LogP contribution is 2.27. The number of nitrogens with zero attached hydrogens (tertiary/aromatic N) is 1. The molecule has 0 aliphatic rings. The fourth-order valence-corrected chi connectivity index (χ4v) is 2.98. The monoisotopic (exact) mass is 317 g/mol. The summed E-state index contributed by atoms with van der Waals surface area (Å²) in [6, 6.07) is 10.6. The van der Waals surface area contributed by atoms with Crippen molar-refractivity contribution >= 4 is 10.8 Å². The molecular weight excluding hydrogens is 289 g/mol. The summed E-state index contributed by atoms with van der Waals surface area (Å²) in [7, 11) is 0. The number of hydrogen-bond acceptors (Lipinski definition) is 2. The molecule has 0 heterocycles. The first kappa shape index (κ1) is 17.9. The molecule has 0 spiro atoms. The highest BCUT2D eigenvalue weighted by molar-refractivity contribution is 5.86. The van der Waals surface area contributed by atoms with E-state index >= 15 is 0 Å². The molecule has 2 aromatic carbocycles. The first-order valence-corrected chi connectivity index (χ1v) is 8.75. The largest absolute Gasteiger partial charge is 0.387 e. The van der Waals surface area contributed by atoms with Gasteiger partial charge in [-0.15, -0.1) is 0 Å². The molecule has 2 rings (SSSR count). The summed E-state index contributed by atoms with van der Waals surface area (Å²) < 4.78 is 13.9. The maximum atomic E-state index is 13.9. The number of aliphatic hydroxyl groups is 1. The minimum atomic E-state index is -0.589. The van der Waals surface area contributed by atoms with Crippen molar-refractivity contribution in [2.45, 2.75) is 45.6 Å². The van der Waals surface area contributed by atoms with Crippen LogP contribution >= 0.6 is 0 Å². The van der Waals surface area contributed by atoms with Crippen molar-refractivity contribution in [2.75, 3.05) is 19.6 Å². The third-order valence-electron chi connectivity index (χ3n) is 4.35. The summed E-state index contributed by atoms with van der Waals surface area (Å²) in [5.41, 5.74) is 0.819. The summed E-state index contributed by atoms with van der Waals surface area (Å²) in [6.07, 6.45) is 3.99. The van der Waals surface area contributed by atoms with Gasteiger partial charge in [0.1, 0.15) is 5.82 Å². The van der Waals surface area contributed by atoms with Crippen LogP contribution in [0.4, 0.5) is 4.39 Å². The topological polar surface area (TPSA) is 23.5 Å². The van der Waals surface area contributed by atoms with Gasteiger partial charge in [-0.25, -0.2) is 4.39 Å². The van der Waals surface area contributed by atoms with Gasteiger partial charge in [0, 0.05) is 11.9 Å². The molecule has 1 N–H and O–H groups in total. The Hall–Kier alpha value is -1.45. The van der Waals surface area contributed by atoms with E-state index in [1.807, 2.05) is 18.2 Å². The number of unbranched alkanes of at least 4 members (excludes halogenated alkanes) is 2. The van der Waals surface area contributed by atoms with Crippen molar-refractivity contribution in [2.24, 2.45) is 0 Å². The fraction of sp³-hybridized carbons (Fsp3) is 0.500. The Morgan fingerprint density at radius 2 is 1.57 bits per heavy atom. The van der Waals surface area contributed by atoms with E-state index in [0.717, 1.165) is 49.7 Å². The molecule has 0 fully saturated rings. The standard InChI is InChI=1S/C20H28FNO/c1-3-5-13-22(14-6-4-2)15-20(23)18-11-12-19(21)17-10-8-7-9-16(17)18/h7-12,20,23H,3-6,13-15H2,1-2H3/t20-/m0/s1. The van der Waals surface area contributed by atoms with E-state index in [4.69, 9.17) is 0 Å². The normalized spacial score (nSPS) is 12.9. The van der Waals surface area contributed by atoms with Gasteiger partial charge >= 0.3 is 0 Å². The molecule has 0 saturated carbocycles. The van der Waals surface area contributed by atoms with Crippen LogP contribution in [0, 0.1) is 5.82 Å². The maximum Gasteiger partial charge on any atom is 0.131 e. The first-order valence-electron chi connectivity index (χ1n) is 8.75. The smallest absolute Gasteiger partial charge is 0.131 e.